The number of hydrogen-bond donors (Lipinski definition) is 1. The fourth-order valence-corrected chi connectivity index (χ4v) is 2.15. The minimum absolute atomic E-state index is 0.101. The average molecular weight is 233 g/mol. The summed E-state index contributed by atoms with van der Waals surface area (Å²) < 4.78 is 13.6. The van der Waals surface area contributed by atoms with Gasteiger partial charge in [0.1, 0.15) is 11.9 Å². The van der Waals surface area contributed by atoms with Crippen molar-refractivity contribution in [3.05, 3.63) is 29.6 Å². The molecule has 0 radical (unpaired) electrons. The van der Waals surface area contributed by atoms with Crippen LogP contribution in [-0.2, 0) is 0 Å². The minimum Gasteiger partial charge on any atom is -0.366 e. The Labute approximate surface area is 101 Å². The van der Waals surface area contributed by atoms with Gasteiger partial charge in [-0.25, -0.2) is 4.39 Å². The van der Waals surface area contributed by atoms with Crippen molar-refractivity contribution >= 4 is 5.69 Å². The summed E-state index contributed by atoms with van der Waals surface area (Å²) in [7, 11) is 0. The van der Waals surface area contributed by atoms with Gasteiger partial charge in [0.25, 0.3) is 0 Å². The van der Waals surface area contributed by atoms with E-state index in [1.165, 1.54) is 6.07 Å². The van der Waals surface area contributed by atoms with Gasteiger partial charge in [0, 0.05) is 30.9 Å². The molecule has 90 valence electrons. The molecule has 0 bridgehead atoms. The molecule has 1 aliphatic rings. The van der Waals surface area contributed by atoms with E-state index in [0.717, 1.165) is 18.8 Å². The normalized spacial score (nSPS) is 24.5. The standard InChI is InChI=1S/C13H16FN3/c1-9-8-17(10(2)7-16-9)12-4-3-11(6-15)13(14)5-12/h3-5,9-10,16H,7-8H2,1-2H3/t9-,10+/m0/s1. The van der Waals surface area contributed by atoms with E-state index in [4.69, 9.17) is 5.26 Å². The fraction of sp³-hybridized carbons (Fsp3) is 0.462. The van der Waals surface area contributed by atoms with Crippen molar-refractivity contribution in [1.29, 1.82) is 5.26 Å². The van der Waals surface area contributed by atoms with Crippen molar-refractivity contribution in [2.75, 3.05) is 18.0 Å². The molecule has 1 fully saturated rings. The molecule has 1 aromatic rings. The first-order valence-electron chi connectivity index (χ1n) is 5.81. The smallest absolute Gasteiger partial charge is 0.143 e. The number of nitrogens with one attached hydrogen (secondary N) is 1. The first-order chi connectivity index (χ1) is 8.11. The summed E-state index contributed by atoms with van der Waals surface area (Å²) in [6.07, 6.45) is 0. The van der Waals surface area contributed by atoms with Crippen LogP contribution < -0.4 is 10.2 Å². The van der Waals surface area contributed by atoms with Gasteiger partial charge in [-0.15, -0.1) is 0 Å². The number of rotatable bonds is 1. The van der Waals surface area contributed by atoms with Crippen LogP contribution in [0, 0.1) is 17.1 Å². The molecule has 4 heteroatoms. The van der Waals surface area contributed by atoms with Crippen molar-refractivity contribution in [3.63, 3.8) is 0 Å². The predicted octanol–water partition coefficient (Wildman–Crippen LogP) is 1.88. The second-order valence-electron chi connectivity index (χ2n) is 4.59. The summed E-state index contributed by atoms with van der Waals surface area (Å²) in [4.78, 5) is 2.17. The zero-order valence-corrected chi connectivity index (χ0v) is 10.1. The Morgan fingerprint density at radius 2 is 2.24 bits per heavy atom. The predicted molar refractivity (Wildman–Crippen MR) is 65.4 cm³/mol. The van der Waals surface area contributed by atoms with Gasteiger partial charge in [-0.05, 0) is 32.0 Å². The summed E-state index contributed by atoms with van der Waals surface area (Å²) in [6.45, 7) is 5.96. The molecule has 0 spiro atoms. The molecule has 2 atom stereocenters. The van der Waals surface area contributed by atoms with E-state index in [2.05, 4.69) is 24.1 Å². The van der Waals surface area contributed by atoms with Crippen LogP contribution in [0.1, 0.15) is 19.4 Å². The fourth-order valence-electron chi connectivity index (χ4n) is 2.15. The lowest BCUT2D eigenvalue weighted by Crippen LogP contribution is -2.54. The van der Waals surface area contributed by atoms with Crippen molar-refractivity contribution in [2.45, 2.75) is 25.9 Å². The first-order valence-corrected chi connectivity index (χ1v) is 5.81. The van der Waals surface area contributed by atoms with Crippen LogP contribution in [-0.4, -0.2) is 25.2 Å². The third kappa shape index (κ3) is 2.40. The molecule has 2 rings (SSSR count). The monoisotopic (exact) mass is 233 g/mol. The van der Waals surface area contributed by atoms with E-state index in [1.807, 2.05) is 12.1 Å². The molecule has 0 unspecified atom stereocenters. The van der Waals surface area contributed by atoms with E-state index in [-0.39, 0.29) is 5.56 Å². The zero-order chi connectivity index (χ0) is 12.4. The molecule has 1 saturated heterocycles. The van der Waals surface area contributed by atoms with Gasteiger partial charge in [-0.1, -0.05) is 0 Å². The number of nitriles is 1. The number of halogens is 1. The maximum Gasteiger partial charge on any atom is 0.143 e. The number of hydrogen-bond acceptors (Lipinski definition) is 3. The molecule has 1 N–H and O–H groups in total. The summed E-state index contributed by atoms with van der Waals surface area (Å²) in [5, 5.41) is 12.1. The van der Waals surface area contributed by atoms with Gasteiger partial charge in [0.05, 0.1) is 5.56 Å². The topological polar surface area (TPSA) is 39.1 Å². The Bertz CT molecular complexity index is 452. The summed E-state index contributed by atoms with van der Waals surface area (Å²) in [6, 6.07) is 7.38. The quantitative estimate of drug-likeness (QED) is 0.805. The second kappa shape index (κ2) is 4.72. The highest BCUT2D eigenvalue weighted by atomic mass is 19.1. The lowest BCUT2D eigenvalue weighted by Gasteiger charge is -2.39. The molecule has 3 nitrogen and oxygen atoms in total. The SMILES string of the molecule is C[C@@H]1CN[C@@H](C)CN1c1ccc(C#N)c(F)c1. The van der Waals surface area contributed by atoms with E-state index in [1.54, 1.807) is 6.07 Å². The second-order valence-corrected chi connectivity index (χ2v) is 4.59. The summed E-state index contributed by atoms with van der Waals surface area (Å²) in [5.74, 6) is -0.441. The highest BCUT2D eigenvalue weighted by molar-refractivity contribution is 5.51. The third-order valence-corrected chi connectivity index (χ3v) is 3.17. The zero-order valence-electron chi connectivity index (χ0n) is 10.1. The maximum absolute atomic E-state index is 13.6. The molecule has 1 aromatic carbocycles. The number of nitrogens with zero attached hydrogens (tertiary/aromatic N) is 2. The lowest BCUT2D eigenvalue weighted by atomic mass is 10.1. The van der Waals surface area contributed by atoms with Gasteiger partial charge in [0.15, 0.2) is 0 Å². The molecule has 0 saturated carbocycles. The van der Waals surface area contributed by atoms with E-state index in [0.29, 0.717) is 12.1 Å². The first kappa shape index (κ1) is 11.9. The van der Waals surface area contributed by atoms with Gasteiger partial charge < -0.3 is 10.2 Å². The molecular weight excluding hydrogens is 217 g/mol. The van der Waals surface area contributed by atoms with E-state index in [9.17, 15) is 4.39 Å². The molecule has 0 aliphatic carbocycles. The third-order valence-electron chi connectivity index (χ3n) is 3.17. The molecule has 1 heterocycles. The average Bonchev–Trinajstić information content (AvgIpc) is 2.32. The van der Waals surface area contributed by atoms with Gasteiger partial charge in [0.2, 0.25) is 0 Å². The van der Waals surface area contributed by atoms with Crippen LogP contribution in [0.25, 0.3) is 0 Å². The van der Waals surface area contributed by atoms with Crippen molar-refractivity contribution < 1.29 is 4.39 Å². The Morgan fingerprint density at radius 3 is 2.88 bits per heavy atom. The maximum atomic E-state index is 13.6. The Kier molecular flexibility index (Phi) is 3.30. The Morgan fingerprint density at radius 1 is 1.47 bits per heavy atom. The largest absolute Gasteiger partial charge is 0.366 e. The molecule has 0 amide bonds. The highest BCUT2D eigenvalue weighted by Gasteiger charge is 2.23. The van der Waals surface area contributed by atoms with Crippen LogP contribution in [0.5, 0.6) is 0 Å². The van der Waals surface area contributed by atoms with Crippen LogP contribution in [0.2, 0.25) is 0 Å². The lowest BCUT2D eigenvalue weighted by molar-refractivity contribution is 0.424. The van der Waals surface area contributed by atoms with Crippen molar-refractivity contribution in [3.8, 4) is 6.07 Å². The van der Waals surface area contributed by atoms with Gasteiger partial charge in [-0.2, -0.15) is 5.26 Å². The Balaban J connectivity index is 2.27. The van der Waals surface area contributed by atoms with Gasteiger partial charge >= 0.3 is 0 Å². The molecule has 0 aromatic heterocycles. The summed E-state index contributed by atoms with van der Waals surface area (Å²) in [5.41, 5.74) is 0.951. The van der Waals surface area contributed by atoms with Crippen LogP contribution >= 0.6 is 0 Å². The van der Waals surface area contributed by atoms with Crippen molar-refractivity contribution in [1.82, 2.24) is 5.32 Å². The Hall–Kier alpha value is -1.60. The van der Waals surface area contributed by atoms with Crippen LogP contribution in [0.15, 0.2) is 18.2 Å². The highest BCUT2D eigenvalue weighted by Crippen LogP contribution is 2.22. The minimum atomic E-state index is -0.441. The number of benzene rings is 1. The van der Waals surface area contributed by atoms with Crippen LogP contribution in [0.3, 0.4) is 0 Å². The molecule has 1 aliphatic heterocycles. The molecule has 17 heavy (non-hydrogen) atoms. The molecular formula is C13H16FN3. The number of anilines is 1. The van der Waals surface area contributed by atoms with E-state index >= 15 is 0 Å². The number of piperazine rings is 1. The van der Waals surface area contributed by atoms with Crippen LogP contribution in [0.4, 0.5) is 10.1 Å². The van der Waals surface area contributed by atoms with Crippen molar-refractivity contribution in [2.24, 2.45) is 0 Å². The van der Waals surface area contributed by atoms with E-state index < -0.39 is 5.82 Å². The van der Waals surface area contributed by atoms with Gasteiger partial charge in [-0.3, -0.25) is 0 Å². The summed E-state index contributed by atoms with van der Waals surface area (Å²) >= 11 is 0.